The van der Waals surface area contributed by atoms with Gasteiger partial charge >= 0.3 is 6.03 Å². The number of urea groups is 1. The molecule has 1 aromatic heterocycles. The van der Waals surface area contributed by atoms with Gasteiger partial charge in [-0.05, 0) is 20.3 Å². The van der Waals surface area contributed by atoms with Crippen molar-refractivity contribution in [3.05, 3.63) is 11.9 Å². The van der Waals surface area contributed by atoms with Gasteiger partial charge in [0.05, 0.1) is 24.8 Å². The summed E-state index contributed by atoms with van der Waals surface area (Å²) < 4.78 is 1.78. The monoisotopic (exact) mass is 337 g/mol. The van der Waals surface area contributed by atoms with Crippen LogP contribution in [0.1, 0.15) is 32.0 Å². The van der Waals surface area contributed by atoms with Crippen LogP contribution in [0.5, 0.6) is 0 Å². The first-order valence-electron chi connectivity index (χ1n) is 8.14. The first-order chi connectivity index (χ1) is 11.3. The normalized spacial score (nSPS) is 20.2. The third kappa shape index (κ3) is 4.44. The van der Waals surface area contributed by atoms with Crippen LogP contribution in [0.25, 0.3) is 0 Å². The lowest BCUT2D eigenvalue weighted by molar-refractivity contribution is -0.123. The van der Waals surface area contributed by atoms with Crippen molar-refractivity contribution in [2.24, 2.45) is 0 Å². The maximum Gasteiger partial charge on any atom is 0.319 e. The molecule has 1 saturated heterocycles. The molecule has 2 rings (SSSR count). The van der Waals surface area contributed by atoms with E-state index in [9.17, 15) is 9.59 Å². The van der Waals surface area contributed by atoms with Gasteiger partial charge in [-0.15, -0.1) is 5.10 Å². The van der Waals surface area contributed by atoms with Crippen molar-refractivity contribution in [2.75, 3.05) is 27.7 Å². The van der Waals surface area contributed by atoms with Crippen molar-refractivity contribution in [1.82, 2.24) is 35.4 Å². The molecule has 1 fully saturated rings. The molecular formula is C15H27N7O2. The zero-order valence-electron chi connectivity index (χ0n) is 15.0. The molecule has 134 valence electrons. The number of nitrogens with one attached hydrogen (secondary N) is 2. The average Bonchev–Trinajstić information content (AvgIpc) is 3.13. The van der Waals surface area contributed by atoms with E-state index in [1.165, 1.54) is 4.90 Å². The SMILES string of the molecule is CC(C)NC(=O)[C@@H]1C[C@@H](n2cc(CN(C)C(=O)N(C)C)nn2)CN1. The zero-order valence-corrected chi connectivity index (χ0v) is 15.0. The van der Waals surface area contributed by atoms with Crippen LogP contribution in [-0.4, -0.2) is 76.5 Å². The Bertz CT molecular complexity index is 584. The summed E-state index contributed by atoms with van der Waals surface area (Å²) in [5, 5.41) is 14.4. The number of rotatable bonds is 5. The Labute approximate surface area is 142 Å². The van der Waals surface area contributed by atoms with Gasteiger partial charge in [0.25, 0.3) is 0 Å². The smallest absolute Gasteiger partial charge is 0.319 e. The van der Waals surface area contributed by atoms with Crippen LogP contribution in [-0.2, 0) is 11.3 Å². The fraction of sp³-hybridized carbons (Fsp3) is 0.733. The lowest BCUT2D eigenvalue weighted by Crippen LogP contribution is -2.43. The molecule has 1 aliphatic rings. The molecule has 0 saturated carbocycles. The van der Waals surface area contributed by atoms with Gasteiger partial charge in [-0.1, -0.05) is 5.21 Å². The number of amides is 3. The molecule has 2 heterocycles. The number of hydrogen-bond donors (Lipinski definition) is 2. The van der Waals surface area contributed by atoms with E-state index in [-0.39, 0.29) is 30.1 Å². The molecule has 0 spiro atoms. The lowest BCUT2D eigenvalue weighted by atomic mass is 10.1. The van der Waals surface area contributed by atoms with Crippen LogP contribution in [0.4, 0.5) is 4.79 Å². The van der Waals surface area contributed by atoms with Crippen LogP contribution < -0.4 is 10.6 Å². The van der Waals surface area contributed by atoms with E-state index in [2.05, 4.69) is 20.9 Å². The Morgan fingerprint density at radius 3 is 2.75 bits per heavy atom. The highest BCUT2D eigenvalue weighted by Crippen LogP contribution is 2.19. The van der Waals surface area contributed by atoms with Gasteiger partial charge in [-0.25, -0.2) is 9.48 Å². The summed E-state index contributed by atoms with van der Waals surface area (Å²) in [6.07, 6.45) is 2.52. The second kappa shape index (κ2) is 7.61. The molecule has 1 aromatic rings. The molecule has 3 amide bonds. The van der Waals surface area contributed by atoms with Crippen LogP contribution in [0.3, 0.4) is 0 Å². The summed E-state index contributed by atoms with van der Waals surface area (Å²) in [5.41, 5.74) is 0.725. The summed E-state index contributed by atoms with van der Waals surface area (Å²) in [5.74, 6) is 0.0177. The average molecular weight is 337 g/mol. The Morgan fingerprint density at radius 2 is 2.12 bits per heavy atom. The van der Waals surface area contributed by atoms with Crippen molar-refractivity contribution in [2.45, 2.75) is 44.9 Å². The molecule has 1 aliphatic heterocycles. The predicted molar refractivity (Wildman–Crippen MR) is 89.3 cm³/mol. The van der Waals surface area contributed by atoms with E-state index in [4.69, 9.17) is 0 Å². The van der Waals surface area contributed by atoms with Gasteiger partial charge in [0.1, 0.15) is 5.69 Å². The van der Waals surface area contributed by atoms with E-state index >= 15 is 0 Å². The molecule has 24 heavy (non-hydrogen) atoms. The standard InChI is InChI=1S/C15H27N7O2/c1-10(2)17-14(23)13-6-12(7-16-13)22-9-11(18-19-22)8-21(5)15(24)20(3)4/h9-10,12-13,16H,6-8H2,1-5H3,(H,17,23)/t12-,13+/m1/s1. The highest BCUT2D eigenvalue weighted by atomic mass is 16.2. The maximum absolute atomic E-state index is 12.1. The van der Waals surface area contributed by atoms with Crippen molar-refractivity contribution >= 4 is 11.9 Å². The third-order valence-corrected chi connectivity index (χ3v) is 3.90. The van der Waals surface area contributed by atoms with E-state index in [0.717, 1.165) is 5.69 Å². The van der Waals surface area contributed by atoms with Crippen molar-refractivity contribution < 1.29 is 9.59 Å². The van der Waals surface area contributed by atoms with Gasteiger partial charge in [-0.2, -0.15) is 0 Å². The molecule has 9 heteroatoms. The van der Waals surface area contributed by atoms with E-state index in [1.54, 1.807) is 30.7 Å². The molecule has 0 radical (unpaired) electrons. The number of carbonyl (C=O) groups is 2. The lowest BCUT2D eigenvalue weighted by Gasteiger charge is -2.20. The fourth-order valence-corrected chi connectivity index (χ4v) is 2.72. The van der Waals surface area contributed by atoms with Gasteiger partial charge < -0.3 is 20.4 Å². The number of hydrogen-bond acceptors (Lipinski definition) is 5. The summed E-state index contributed by atoms with van der Waals surface area (Å²) in [6, 6.07) is -0.0781. The first-order valence-corrected chi connectivity index (χ1v) is 8.14. The second-order valence-electron chi connectivity index (χ2n) is 6.74. The molecule has 2 N–H and O–H groups in total. The largest absolute Gasteiger partial charge is 0.353 e. The van der Waals surface area contributed by atoms with Crippen molar-refractivity contribution in [3.63, 3.8) is 0 Å². The fourth-order valence-electron chi connectivity index (χ4n) is 2.72. The number of nitrogens with zero attached hydrogens (tertiary/aromatic N) is 5. The second-order valence-corrected chi connectivity index (χ2v) is 6.74. The molecule has 0 aromatic carbocycles. The zero-order chi connectivity index (χ0) is 17.9. The minimum Gasteiger partial charge on any atom is -0.353 e. The molecule has 0 aliphatic carbocycles. The highest BCUT2D eigenvalue weighted by molar-refractivity contribution is 5.82. The molecular weight excluding hydrogens is 310 g/mol. The molecule has 0 bridgehead atoms. The van der Waals surface area contributed by atoms with Gasteiger partial charge in [-0.3, -0.25) is 4.79 Å². The summed E-state index contributed by atoms with van der Waals surface area (Å²) in [4.78, 5) is 27.0. The van der Waals surface area contributed by atoms with Crippen LogP contribution in [0.15, 0.2) is 6.20 Å². The topological polar surface area (TPSA) is 95.4 Å². The Hall–Kier alpha value is -2.16. The van der Waals surface area contributed by atoms with Crippen LogP contribution >= 0.6 is 0 Å². The highest BCUT2D eigenvalue weighted by Gasteiger charge is 2.31. The quantitative estimate of drug-likeness (QED) is 0.777. The summed E-state index contributed by atoms with van der Waals surface area (Å²) in [6.45, 7) is 4.96. The minimum atomic E-state index is -0.206. The van der Waals surface area contributed by atoms with E-state index in [1.807, 2.05) is 20.0 Å². The number of aromatic nitrogens is 3. The van der Waals surface area contributed by atoms with Crippen LogP contribution in [0, 0.1) is 0 Å². The summed E-state index contributed by atoms with van der Waals surface area (Å²) in [7, 11) is 5.15. The summed E-state index contributed by atoms with van der Waals surface area (Å²) >= 11 is 0. The Morgan fingerprint density at radius 1 is 1.42 bits per heavy atom. The number of carbonyl (C=O) groups excluding carboxylic acids is 2. The first kappa shape index (κ1) is 18.2. The van der Waals surface area contributed by atoms with Gasteiger partial charge in [0.2, 0.25) is 5.91 Å². The van der Waals surface area contributed by atoms with Crippen LogP contribution in [0.2, 0.25) is 0 Å². The Balaban J connectivity index is 1.92. The predicted octanol–water partition coefficient (Wildman–Crippen LogP) is -0.181. The van der Waals surface area contributed by atoms with Gasteiger partial charge in [0.15, 0.2) is 0 Å². The minimum absolute atomic E-state index is 0.0177. The maximum atomic E-state index is 12.1. The molecule has 0 unspecified atom stereocenters. The van der Waals surface area contributed by atoms with E-state index < -0.39 is 0 Å². The molecule has 9 nitrogen and oxygen atoms in total. The van der Waals surface area contributed by atoms with Gasteiger partial charge in [0, 0.05) is 33.7 Å². The van der Waals surface area contributed by atoms with Crippen molar-refractivity contribution in [1.29, 1.82) is 0 Å². The third-order valence-electron chi connectivity index (χ3n) is 3.90. The molecule has 2 atom stereocenters. The van der Waals surface area contributed by atoms with Crippen molar-refractivity contribution in [3.8, 4) is 0 Å². The van der Waals surface area contributed by atoms with E-state index in [0.29, 0.717) is 19.5 Å². The Kier molecular flexibility index (Phi) is 5.76.